The Morgan fingerprint density at radius 1 is 1.31 bits per heavy atom. The van der Waals surface area contributed by atoms with Gasteiger partial charge >= 0.3 is 0 Å². The lowest BCUT2D eigenvalue weighted by Gasteiger charge is -2.14. The second-order valence-corrected chi connectivity index (χ2v) is 3.42. The molecule has 2 heterocycles. The highest BCUT2D eigenvalue weighted by Gasteiger charge is 2.36. The van der Waals surface area contributed by atoms with Crippen molar-refractivity contribution in [2.24, 2.45) is 0 Å². The van der Waals surface area contributed by atoms with Gasteiger partial charge in [-0.05, 0) is 11.6 Å². The molecule has 0 saturated carbocycles. The summed E-state index contributed by atoms with van der Waals surface area (Å²) in [6.07, 6.45) is 4.15. The van der Waals surface area contributed by atoms with E-state index in [4.69, 9.17) is 0 Å². The van der Waals surface area contributed by atoms with Crippen LogP contribution in [0, 0.1) is 0 Å². The minimum Gasteiger partial charge on any atom is -0.324 e. The molecule has 2 aliphatic rings. The first-order valence-corrected chi connectivity index (χ1v) is 4.44. The van der Waals surface area contributed by atoms with Crippen molar-refractivity contribution in [3.8, 4) is 0 Å². The third-order valence-corrected chi connectivity index (χ3v) is 2.73. The highest BCUT2D eigenvalue weighted by Crippen LogP contribution is 2.36. The molecule has 1 unspecified atom stereocenters. The van der Waals surface area contributed by atoms with E-state index in [2.05, 4.69) is 12.2 Å². The van der Waals surface area contributed by atoms with Crippen molar-refractivity contribution in [3.63, 3.8) is 0 Å². The molecule has 0 N–H and O–H groups in total. The lowest BCUT2D eigenvalue weighted by molar-refractivity contribution is 0.0787. The molecule has 64 valence electrons. The fourth-order valence-electron chi connectivity index (χ4n) is 2.11. The molecule has 0 bridgehead atoms. The largest absolute Gasteiger partial charge is 0.324 e. The lowest BCUT2D eigenvalue weighted by Crippen LogP contribution is -2.23. The number of carbonyl (C=O) groups excluding carboxylic acids is 1. The minimum absolute atomic E-state index is 0.172. The fourth-order valence-corrected chi connectivity index (χ4v) is 2.11. The molecule has 0 radical (unpaired) electrons. The van der Waals surface area contributed by atoms with Gasteiger partial charge < -0.3 is 4.90 Å². The van der Waals surface area contributed by atoms with Gasteiger partial charge in [-0.3, -0.25) is 4.79 Å². The van der Waals surface area contributed by atoms with Crippen LogP contribution in [0.2, 0.25) is 0 Å². The summed E-state index contributed by atoms with van der Waals surface area (Å²) in [4.78, 5) is 13.7. The van der Waals surface area contributed by atoms with Crippen LogP contribution in [0.15, 0.2) is 36.4 Å². The van der Waals surface area contributed by atoms with Gasteiger partial charge in [-0.2, -0.15) is 0 Å². The molecule has 0 saturated heterocycles. The standard InChI is InChI=1S/C11H9NO/c13-11-9-5-2-1-4-8(9)10-6-3-7-12(10)11/h1-6,10H,7H2. The highest BCUT2D eigenvalue weighted by molar-refractivity contribution is 6.00. The number of benzene rings is 1. The van der Waals surface area contributed by atoms with Crippen LogP contribution in [0.4, 0.5) is 0 Å². The van der Waals surface area contributed by atoms with Crippen LogP contribution >= 0.6 is 0 Å². The topological polar surface area (TPSA) is 20.3 Å². The molecular weight excluding hydrogens is 162 g/mol. The molecule has 1 aromatic rings. The van der Waals surface area contributed by atoms with Crippen molar-refractivity contribution in [1.29, 1.82) is 0 Å². The summed E-state index contributed by atoms with van der Waals surface area (Å²) in [5.41, 5.74) is 2.03. The lowest BCUT2D eigenvalue weighted by atomic mass is 10.1. The highest BCUT2D eigenvalue weighted by atomic mass is 16.2. The van der Waals surface area contributed by atoms with Crippen molar-refractivity contribution in [2.45, 2.75) is 6.04 Å². The molecule has 1 aromatic carbocycles. The van der Waals surface area contributed by atoms with Crippen molar-refractivity contribution >= 4 is 5.91 Å². The van der Waals surface area contributed by atoms with E-state index in [1.54, 1.807) is 0 Å². The Morgan fingerprint density at radius 2 is 2.15 bits per heavy atom. The fraction of sp³-hybridized carbons (Fsp3) is 0.182. The Kier molecular flexibility index (Phi) is 1.18. The zero-order valence-electron chi connectivity index (χ0n) is 7.10. The van der Waals surface area contributed by atoms with Crippen LogP contribution in [-0.4, -0.2) is 17.4 Å². The van der Waals surface area contributed by atoms with Gasteiger partial charge in [0.05, 0.1) is 6.04 Å². The molecule has 0 fully saturated rings. The van der Waals surface area contributed by atoms with E-state index in [1.807, 2.05) is 29.2 Å². The Hall–Kier alpha value is -1.57. The van der Waals surface area contributed by atoms with Gasteiger partial charge in [0.2, 0.25) is 0 Å². The molecule has 0 aromatic heterocycles. The maximum atomic E-state index is 11.8. The number of carbonyl (C=O) groups is 1. The van der Waals surface area contributed by atoms with E-state index in [-0.39, 0.29) is 11.9 Å². The number of fused-ring (bicyclic) bond motifs is 3. The summed E-state index contributed by atoms with van der Waals surface area (Å²) in [6.45, 7) is 0.762. The monoisotopic (exact) mass is 171 g/mol. The molecule has 1 atom stereocenters. The van der Waals surface area contributed by atoms with E-state index in [0.717, 1.165) is 17.7 Å². The summed E-state index contributed by atoms with van der Waals surface area (Å²) in [5.74, 6) is 0.172. The summed E-state index contributed by atoms with van der Waals surface area (Å²) >= 11 is 0. The molecule has 3 rings (SSSR count). The number of rotatable bonds is 0. The maximum absolute atomic E-state index is 11.8. The van der Waals surface area contributed by atoms with Crippen molar-refractivity contribution < 1.29 is 4.79 Å². The van der Waals surface area contributed by atoms with Crippen LogP contribution in [0.1, 0.15) is 22.0 Å². The average molecular weight is 171 g/mol. The third kappa shape index (κ3) is 0.750. The number of hydrogen-bond donors (Lipinski definition) is 0. The zero-order valence-corrected chi connectivity index (χ0v) is 7.10. The van der Waals surface area contributed by atoms with Crippen LogP contribution in [-0.2, 0) is 0 Å². The zero-order chi connectivity index (χ0) is 8.84. The SMILES string of the molecule is O=C1c2ccccc2C2C=CCN12. The van der Waals surface area contributed by atoms with E-state index in [0.29, 0.717) is 0 Å². The Morgan fingerprint density at radius 3 is 3.08 bits per heavy atom. The first-order valence-electron chi connectivity index (χ1n) is 4.44. The first-order chi connectivity index (χ1) is 6.38. The molecule has 13 heavy (non-hydrogen) atoms. The first kappa shape index (κ1) is 6.89. The maximum Gasteiger partial charge on any atom is 0.255 e. The second-order valence-electron chi connectivity index (χ2n) is 3.42. The van der Waals surface area contributed by atoms with E-state index in [9.17, 15) is 4.79 Å². The number of nitrogens with zero attached hydrogens (tertiary/aromatic N) is 1. The van der Waals surface area contributed by atoms with Crippen LogP contribution in [0.3, 0.4) is 0 Å². The second kappa shape index (κ2) is 2.22. The van der Waals surface area contributed by atoms with E-state index < -0.39 is 0 Å². The van der Waals surface area contributed by atoms with Gasteiger partial charge in [0.15, 0.2) is 0 Å². The molecule has 2 heteroatoms. The minimum atomic E-state index is 0.172. The van der Waals surface area contributed by atoms with Gasteiger partial charge in [-0.15, -0.1) is 0 Å². The van der Waals surface area contributed by atoms with Gasteiger partial charge in [-0.1, -0.05) is 30.4 Å². The quantitative estimate of drug-likeness (QED) is 0.544. The van der Waals surface area contributed by atoms with Crippen molar-refractivity contribution in [1.82, 2.24) is 4.90 Å². The number of hydrogen-bond acceptors (Lipinski definition) is 1. The summed E-state index contributed by atoms with van der Waals surface area (Å²) < 4.78 is 0. The predicted octanol–water partition coefficient (Wildman–Crippen LogP) is 1.75. The van der Waals surface area contributed by atoms with E-state index in [1.165, 1.54) is 0 Å². The molecule has 0 aliphatic carbocycles. The van der Waals surface area contributed by atoms with Crippen LogP contribution in [0.25, 0.3) is 0 Å². The Balaban J connectivity index is 2.23. The van der Waals surface area contributed by atoms with Gasteiger partial charge in [0.1, 0.15) is 0 Å². The van der Waals surface area contributed by atoms with Gasteiger partial charge in [-0.25, -0.2) is 0 Å². The van der Waals surface area contributed by atoms with Gasteiger partial charge in [0, 0.05) is 12.1 Å². The van der Waals surface area contributed by atoms with Gasteiger partial charge in [0.25, 0.3) is 5.91 Å². The summed E-state index contributed by atoms with van der Waals surface area (Å²) in [5, 5.41) is 0. The third-order valence-electron chi connectivity index (χ3n) is 2.73. The molecule has 2 aliphatic heterocycles. The van der Waals surface area contributed by atoms with Crippen molar-refractivity contribution in [3.05, 3.63) is 47.5 Å². The smallest absolute Gasteiger partial charge is 0.255 e. The molecule has 1 amide bonds. The summed E-state index contributed by atoms with van der Waals surface area (Å²) in [7, 11) is 0. The average Bonchev–Trinajstić information content (AvgIpc) is 2.72. The predicted molar refractivity (Wildman–Crippen MR) is 49.4 cm³/mol. The normalized spacial score (nSPS) is 23.5. The number of amides is 1. The van der Waals surface area contributed by atoms with E-state index >= 15 is 0 Å². The van der Waals surface area contributed by atoms with Crippen LogP contribution < -0.4 is 0 Å². The Labute approximate surface area is 76.5 Å². The Bertz CT molecular complexity index is 408. The van der Waals surface area contributed by atoms with Crippen LogP contribution in [0.5, 0.6) is 0 Å². The summed E-state index contributed by atoms with van der Waals surface area (Å²) in [6, 6.07) is 8.06. The van der Waals surface area contributed by atoms with Crippen molar-refractivity contribution in [2.75, 3.05) is 6.54 Å². The molecule has 0 spiro atoms. The molecule has 2 nitrogen and oxygen atoms in total. The molecular formula is C11H9NO.